The summed E-state index contributed by atoms with van der Waals surface area (Å²) in [6, 6.07) is -0.923. The van der Waals surface area contributed by atoms with Gasteiger partial charge in [0.2, 0.25) is 5.91 Å². The fourth-order valence-corrected chi connectivity index (χ4v) is 10.4. The molecule has 0 aliphatic carbocycles. The van der Waals surface area contributed by atoms with E-state index in [4.69, 9.17) is 9.05 Å². The molecule has 488 valence electrons. The molecule has 0 aromatic heterocycles. The molecule has 0 aliphatic rings. The zero-order chi connectivity index (χ0) is 61.9. The van der Waals surface area contributed by atoms with E-state index in [2.05, 4.69) is 141 Å². The number of allylic oxidation sites excluding steroid dienone is 21. The SMILES string of the molecule is CC/C=C\C/C=C\C/C=C\C/C=C\C/C=C\C/C=C\C/C=C\C/C=C\C/C=C\C/C=C\CCCCC(=O)NC(COP(=O)([O-])OCC[N+](C)(C)C)C(O)/C=C/CCCCCCCCCCCCCCCCCCCCCCCCCCCCCC. The number of quaternary nitrogens is 1. The predicted octanol–water partition coefficient (Wildman–Crippen LogP) is 22.0. The molecule has 0 aromatic carbocycles. The molecule has 0 heterocycles. The summed E-state index contributed by atoms with van der Waals surface area (Å²) in [6.07, 6.45) is 98.6. The number of amides is 1. The highest BCUT2D eigenvalue weighted by molar-refractivity contribution is 7.45. The van der Waals surface area contributed by atoms with E-state index < -0.39 is 26.6 Å². The lowest BCUT2D eigenvalue weighted by Gasteiger charge is -2.29. The van der Waals surface area contributed by atoms with Gasteiger partial charge in [-0.05, 0) is 96.3 Å². The first-order chi connectivity index (χ1) is 41.5. The molecule has 1 amide bonds. The number of phosphoric acid groups is 1. The summed E-state index contributed by atoms with van der Waals surface area (Å²) in [5.41, 5.74) is 0. The van der Waals surface area contributed by atoms with Crippen LogP contribution in [0.2, 0.25) is 0 Å². The number of carbonyl (C=O) groups excluding carboxylic acids is 1. The molecular weight excluding hydrogens is 1070 g/mol. The van der Waals surface area contributed by atoms with E-state index >= 15 is 0 Å². The van der Waals surface area contributed by atoms with Gasteiger partial charge in [-0.25, -0.2) is 0 Å². The molecule has 0 aliphatic heterocycles. The highest BCUT2D eigenvalue weighted by Crippen LogP contribution is 2.38. The zero-order valence-electron chi connectivity index (χ0n) is 55.8. The summed E-state index contributed by atoms with van der Waals surface area (Å²) < 4.78 is 23.4. The topological polar surface area (TPSA) is 108 Å². The fourth-order valence-electron chi connectivity index (χ4n) is 9.71. The van der Waals surface area contributed by atoms with Crippen molar-refractivity contribution < 1.29 is 32.9 Å². The van der Waals surface area contributed by atoms with Gasteiger partial charge >= 0.3 is 0 Å². The summed E-state index contributed by atoms with van der Waals surface area (Å²) in [5.74, 6) is -0.242. The van der Waals surface area contributed by atoms with Crippen LogP contribution in [0.3, 0.4) is 0 Å². The summed E-state index contributed by atoms with van der Waals surface area (Å²) in [4.78, 5) is 25.6. The first-order valence-corrected chi connectivity index (χ1v) is 36.5. The van der Waals surface area contributed by atoms with Gasteiger partial charge in [0.15, 0.2) is 0 Å². The molecule has 0 spiro atoms. The summed E-state index contributed by atoms with van der Waals surface area (Å²) in [6.45, 7) is 4.52. The molecule has 9 heteroatoms. The molecule has 2 N–H and O–H groups in total. The maximum absolute atomic E-state index is 13.0. The minimum Gasteiger partial charge on any atom is -0.756 e. The Hall–Kier alpha value is -3.36. The van der Waals surface area contributed by atoms with Gasteiger partial charge in [0.1, 0.15) is 13.2 Å². The van der Waals surface area contributed by atoms with Gasteiger partial charge in [0, 0.05) is 6.42 Å². The highest BCUT2D eigenvalue weighted by Gasteiger charge is 2.23. The second kappa shape index (κ2) is 65.1. The molecule has 0 bridgehead atoms. The van der Waals surface area contributed by atoms with Crippen LogP contribution in [0.25, 0.3) is 0 Å². The number of rotatable bonds is 63. The Balaban J connectivity index is 4.23. The standard InChI is InChI=1S/C76H133N2O6P/c1-6-8-10-12-14-16-18-20-22-24-26-28-30-32-34-36-38-39-40-42-44-46-48-50-52-54-56-58-60-62-64-66-68-70-76(80)77-74(73-84-85(81,82)83-72-71-78(3,4)5)75(79)69-67-65-63-61-59-57-55-53-51-49-47-45-43-41-37-35-33-31-29-27-25-23-21-19-17-15-13-11-9-7-2/h8,10,14,16,20,22,26,28,32,34,38-39,42,44,48,50,54,56,60,62,67,69,74-75,79H,6-7,9,11-13,15,17-19,21,23-25,27,29-31,33,35-37,40-41,43,45-47,49,51-53,55,57-59,61,63-66,68,70-73H2,1-5H3,(H-,77,80,81,82)/b10-8-,16-14-,22-20-,28-26-,34-32-,39-38-,44-42-,50-48-,56-54-,62-60-,69-67+. The predicted molar refractivity (Wildman–Crippen MR) is 371 cm³/mol. The summed E-state index contributed by atoms with van der Waals surface area (Å²) in [5, 5.41) is 13.9. The number of hydrogen-bond acceptors (Lipinski definition) is 6. The Bertz CT molecular complexity index is 1850. The van der Waals surface area contributed by atoms with E-state index in [1.54, 1.807) is 6.08 Å². The number of likely N-dealkylation sites (N-methyl/N-ethyl adjacent to an activating group) is 1. The van der Waals surface area contributed by atoms with Crippen molar-refractivity contribution in [3.05, 3.63) is 134 Å². The third kappa shape index (κ3) is 68.0. The molecule has 3 unspecified atom stereocenters. The van der Waals surface area contributed by atoms with Gasteiger partial charge in [-0.3, -0.25) is 9.36 Å². The van der Waals surface area contributed by atoms with Crippen LogP contribution in [0.4, 0.5) is 0 Å². The third-order valence-corrected chi connectivity index (χ3v) is 16.1. The van der Waals surface area contributed by atoms with Gasteiger partial charge in [0.25, 0.3) is 7.82 Å². The molecule has 3 atom stereocenters. The number of carbonyl (C=O) groups is 1. The van der Waals surface area contributed by atoms with Crippen molar-refractivity contribution >= 4 is 13.7 Å². The molecule has 85 heavy (non-hydrogen) atoms. The lowest BCUT2D eigenvalue weighted by atomic mass is 10.0. The van der Waals surface area contributed by atoms with E-state index in [9.17, 15) is 19.4 Å². The van der Waals surface area contributed by atoms with Gasteiger partial charge in [-0.2, -0.15) is 0 Å². The lowest BCUT2D eigenvalue weighted by Crippen LogP contribution is -2.45. The van der Waals surface area contributed by atoms with E-state index in [-0.39, 0.29) is 18.9 Å². The van der Waals surface area contributed by atoms with Crippen molar-refractivity contribution in [1.29, 1.82) is 0 Å². The van der Waals surface area contributed by atoms with Crippen LogP contribution in [-0.2, 0) is 18.4 Å². The van der Waals surface area contributed by atoms with Gasteiger partial charge in [-0.1, -0.05) is 321 Å². The maximum atomic E-state index is 13.0. The number of nitrogens with one attached hydrogen (secondary N) is 1. The lowest BCUT2D eigenvalue weighted by molar-refractivity contribution is -0.870. The van der Waals surface area contributed by atoms with Gasteiger partial charge in [0.05, 0.1) is 39.9 Å². The van der Waals surface area contributed by atoms with Crippen molar-refractivity contribution in [3.63, 3.8) is 0 Å². The number of aliphatic hydroxyl groups excluding tert-OH is 1. The van der Waals surface area contributed by atoms with Crippen LogP contribution in [0.5, 0.6) is 0 Å². The molecule has 0 fully saturated rings. The number of aliphatic hydroxyl groups is 1. The number of unbranched alkanes of at least 4 members (excludes halogenated alkanes) is 30. The normalized spacial score (nSPS) is 14.5. The van der Waals surface area contributed by atoms with Crippen LogP contribution >= 0.6 is 7.82 Å². The minimum atomic E-state index is -4.63. The molecule has 0 aromatic rings. The van der Waals surface area contributed by atoms with Crippen LogP contribution in [-0.4, -0.2) is 68.5 Å². The smallest absolute Gasteiger partial charge is 0.268 e. The van der Waals surface area contributed by atoms with E-state index in [1.807, 2.05) is 27.2 Å². The first kappa shape index (κ1) is 81.6. The molecule has 0 radical (unpaired) electrons. The molecule has 0 saturated carbocycles. The molecule has 8 nitrogen and oxygen atoms in total. The van der Waals surface area contributed by atoms with E-state index in [0.717, 1.165) is 96.3 Å². The average Bonchev–Trinajstić information content (AvgIpc) is 3.49. The molecule has 0 rings (SSSR count). The fraction of sp³-hybridized carbons (Fsp3) is 0.697. The van der Waals surface area contributed by atoms with Crippen molar-refractivity contribution in [3.8, 4) is 0 Å². The van der Waals surface area contributed by atoms with Crippen LogP contribution < -0.4 is 10.2 Å². The number of hydrogen-bond donors (Lipinski definition) is 2. The first-order valence-electron chi connectivity index (χ1n) is 35.0. The number of phosphoric ester groups is 1. The van der Waals surface area contributed by atoms with E-state index in [1.165, 1.54) is 167 Å². The van der Waals surface area contributed by atoms with Crippen LogP contribution in [0.15, 0.2) is 134 Å². The Kier molecular flexibility index (Phi) is 62.5. The molecule has 0 saturated heterocycles. The summed E-state index contributed by atoms with van der Waals surface area (Å²) >= 11 is 0. The van der Waals surface area contributed by atoms with E-state index in [0.29, 0.717) is 17.4 Å². The second-order valence-electron chi connectivity index (χ2n) is 24.5. The highest BCUT2D eigenvalue weighted by atomic mass is 31.2. The second-order valence-corrected chi connectivity index (χ2v) is 25.9. The molecular formula is C76H133N2O6P. The monoisotopic (exact) mass is 1200 g/mol. The Morgan fingerprint density at radius 3 is 1.05 bits per heavy atom. The van der Waals surface area contributed by atoms with Crippen LogP contribution in [0, 0.1) is 0 Å². The summed E-state index contributed by atoms with van der Waals surface area (Å²) in [7, 11) is 1.22. The quantitative estimate of drug-likeness (QED) is 0.0272. The maximum Gasteiger partial charge on any atom is 0.268 e. The van der Waals surface area contributed by atoms with Crippen molar-refractivity contribution in [1.82, 2.24) is 5.32 Å². The van der Waals surface area contributed by atoms with Crippen LogP contribution in [0.1, 0.15) is 290 Å². The average molecular weight is 1200 g/mol. The third-order valence-electron chi connectivity index (χ3n) is 15.1. The minimum absolute atomic E-state index is 0.0166. The Morgan fingerprint density at radius 2 is 0.718 bits per heavy atom. The van der Waals surface area contributed by atoms with Gasteiger partial charge in [-0.15, -0.1) is 0 Å². The number of nitrogens with zero attached hydrogens (tertiary/aromatic N) is 1. The Morgan fingerprint density at radius 1 is 0.424 bits per heavy atom. The zero-order valence-corrected chi connectivity index (χ0v) is 56.7. The van der Waals surface area contributed by atoms with Crippen molar-refractivity contribution in [2.45, 2.75) is 302 Å². The van der Waals surface area contributed by atoms with Crippen molar-refractivity contribution in [2.75, 3.05) is 40.9 Å². The largest absolute Gasteiger partial charge is 0.756 e. The van der Waals surface area contributed by atoms with Gasteiger partial charge < -0.3 is 28.8 Å². The van der Waals surface area contributed by atoms with Crippen molar-refractivity contribution in [2.24, 2.45) is 0 Å². The Labute approximate surface area is 526 Å².